The van der Waals surface area contributed by atoms with Crippen molar-refractivity contribution in [3.63, 3.8) is 0 Å². The summed E-state index contributed by atoms with van der Waals surface area (Å²) in [4.78, 5) is 14.2. The van der Waals surface area contributed by atoms with E-state index in [1.807, 2.05) is 0 Å². The lowest BCUT2D eigenvalue weighted by molar-refractivity contribution is -0.871. The number of rotatable bonds is 14. The molecule has 0 aromatic heterocycles. The van der Waals surface area contributed by atoms with Gasteiger partial charge >= 0.3 is 5.97 Å². The molecule has 46 heavy (non-hydrogen) atoms. The summed E-state index contributed by atoms with van der Waals surface area (Å²) in [5.41, 5.74) is 8.48. The molecule has 0 radical (unpaired) electrons. The maximum atomic E-state index is 11.7. The van der Waals surface area contributed by atoms with E-state index in [9.17, 15) is 9.90 Å². The fourth-order valence-electron chi connectivity index (χ4n) is 7.02. The predicted molar refractivity (Wildman–Crippen MR) is 193 cm³/mol. The molecule has 4 rings (SSSR count). The molecule has 2 aromatic carbocycles. The summed E-state index contributed by atoms with van der Waals surface area (Å²) in [5.74, 6) is -0.773. The van der Waals surface area contributed by atoms with Crippen LogP contribution >= 0.6 is 0 Å². The molecule has 0 amide bonds. The zero-order valence-corrected chi connectivity index (χ0v) is 30.2. The van der Waals surface area contributed by atoms with Crippen molar-refractivity contribution in [2.45, 2.75) is 64.2 Å². The van der Waals surface area contributed by atoms with Crippen LogP contribution in [-0.2, 0) is 15.6 Å². The smallest absolute Gasteiger partial charge is 0.303 e. The Morgan fingerprint density at radius 3 is 2.09 bits per heavy atom. The van der Waals surface area contributed by atoms with Crippen molar-refractivity contribution >= 4 is 23.1 Å². The van der Waals surface area contributed by atoms with E-state index in [1.165, 1.54) is 33.9 Å². The van der Waals surface area contributed by atoms with E-state index in [0.29, 0.717) is 6.42 Å². The van der Waals surface area contributed by atoms with Gasteiger partial charge in [0, 0.05) is 53.9 Å². The van der Waals surface area contributed by atoms with Gasteiger partial charge in [-0.15, -0.1) is 0 Å². The second-order valence-corrected chi connectivity index (χ2v) is 16.2. The number of para-hydroxylation sites is 2. The highest BCUT2D eigenvalue weighted by Gasteiger charge is 2.44. The van der Waals surface area contributed by atoms with Gasteiger partial charge in [-0.1, -0.05) is 62.4 Å². The predicted octanol–water partition coefficient (Wildman–Crippen LogP) is 7.28. The van der Waals surface area contributed by atoms with Gasteiger partial charge in [0.05, 0.1) is 67.2 Å². The number of benzene rings is 2. The molecule has 248 valence electrons. The summed E-state index contributed by atoms with van der Waals surface area (Å²) in [6.07, 6.45) is 11.6. The molecule has 2 aromatic rings. The van der Waals surface area contributed by atoms with Crippen LogP contribution in [0.2, 0.25) is 0 Å². The molecule has 1 N–H and O–H groups in total. The van der Waals surface area contributed by atoms with Crippen molar-refractivity contribution in [2.75, 3.05) is 73.4 Å². The van der Waals surface area contributed by atoms with Gasteiger partial charge in [-0.25, -0.2) is 0 Å². The zero-order valence-electron chi connectivity index (χ0n) is 30.2. The molecule has 2 aliphatic rings. The van der Waals surface area contributed by atoms with E-state index in [2.05, 4.69) is 152 Å². The maximum Gasteiger partial charge on any atom is 0.303 e. The van der Waals surface area contributed by atoms with E-state index in [1.54, 1.807) is 0 Å². The van der Waals surface area contributed by atoms with Crippen molar-refractivity contribution in [3.8, 4) is 0 Å². The minimum atomic E-state index is -0.773. The number of anilines is 1. The molecule has 0 fully saturated rings. The van der Waals surface area contributed by atoms with Crippen LogP contribution in [0.15, 0.2) is 84.1 Å². The van der Waals surface area contributed by atoms with Crippen molar-refractivity contribution < 1.29 is 23.4 Å². The van der Waals surface area contributed by atoms with Crippen LogP contribution in [0.5, 0.6) is 0 Å². The number of aliphatic carboxylic acids is 1. The summed E-state index contributed by atoms with van der Waals surface area (Å²) in [6, 6.07) is 17.5. The minimum Gasteiger partial charge on any atom is -0.481 e. The Hall–Kier alpha value is -3.48. The van der Waals surface area contributed by atoms with Gasteiger partial charge < -0.3 is 19.0 Å². The molecule has 6 heteroatoms. The number of carboxylic acid groups (broad SMARTS) is 1. The van der Waals surface area contributed by atoms with Gasteiger partial charge in [0.1, 0.15) is 0 Å². The Morgan fingerprint density at radius 2 is 1.43 bits per heavy atom. The monoisotopic (exact) mass is 627 g/mol. The lowest BCUT2D eigenvalue weighted by atomic mass is 9.81. The molecule has 2 heterocycles. The second kappa shape index (κ2) is 13.7. The number of fused-ring (bicyclic) bond motifs is 2. The van der Waals surface area contributed by atoms with E-state index < -0.39 is 5.97 Å². The third-order valence-electron chi connectivity index (χ3n) is 9.56. The molecule has 0 bridgehead atoms. The number of carboxylic acids is 1. The number of allylic oxidation sites excluding steroid dienone is 6. The number of hydrogen-bond donors (Lipinski definition) is 1. The number of hydrogen-bond acceptors (Lipinski definition) is 2. The largest absolute Gasteiger partial charge is 0.481 e. The third kappa shape index (κ3) is 8.26. The summed E-state index contributed by atoms with van der Waals surface area (Å²) < 4.78 is 4.36. The zero-order chi connectivity index (χ0) is 33.9. The molecule has 0 atom stereocenters. The van der Waals surface area contributed by atoms with Crippen LogP contribution in [-0.4, -0.2) is 98.8 Å². The topological polar surface area (TPSA) is 43.6 Å². The molecular weight excluding hydrogens is 568 g/mol. The van der Waals surface area contributed by atoms with E-state index in [4.69, 9.17) is 0 Å². The van der Waals surface area contributed by atoms with Crippen LogP contribution in [0.25, 0.3) is 0 Å². The molecule has 0 saturated carbocycles. The first-order valence-corrected chi connectivity index (χ1v) is 17.0. The average Bonchev–Trinajstić information content (AvgIpc) is 3.30. The van der Waals surface area contributed by atoms with Crippen LogP contribution in [0.1, 0.15) is 64.5 Å². The van der Waals surface area contributed by atoms with E-state index >= 15 is 0 Å². The van der Waals surface area contributed by atoms with Gasteiger partial charge in [0.2, 0.25) is 5.69 Å². The van der Waals surface area contributed by atoms with Gasteiger partial charge in [-0.05, 0) is 43.5 Å². The van der Waals surface area contributed by atoms with E-state index in [0.717, 1.165) is 53.6 Å². The normalized spacial score (nSPS) is 18.5. The summed E-state index contributed by atoms with van der Waals surface area (Å²) in [7, 11) is 13.5. The Labute approximate surface area is 278 Å². The maximum absolute atomic E-state index is 11.7. The highest BCUT2D eigenvalue weighted by Crippen LogP contribution is 2.47. The summed E-state index contributed by atoms with van der Waals surface area (Å²) in [6.45, 7) is 13.3. The molecule has 6 nitrogen and oxygen atoms in total. The van der Waals surface area contributed by atoms with Crippen molar-refractivity contribution in [3.05, 3.63) is 95.2 Å². The molecule has 0 spiro atoms. The van der Waals surface area contributed by atoms with Crippen LogP contribution in [0.3, 0.4) is 0 Å². The lowest BCUT2D eigenvalue weighted by Gasteiger charge is -2.29. The highest BCUT2D eigenvalue weighted by molar-refractivity contribution is 6.03. The molecule has 0 aliphatic carbocycles. The minimum absolute atomic E-state index is 0.0995. The lowest BCUT2D eigenvalue weighted by Crippen LogP contribution is -2.37. The summed E-state index contributed by atoms with van der Waals surface area (Å²) >= 11 is 0. The standard InChI is InChI=1S/C40H58N4O2/c1-39(2)32-17-11-13-19-34(32)41(27-15-29-43(5,6)7)36(39)24-21-31(23-26-38(45)46)22-25-37-40(3,4)33-18-12-14-20-35(33)42(37)28-16-30-44(8,9)10/h11-14,17-22,24-25H,15-16,23,26-30H2,1-10H3/q+2/p+1. The summed E-state index contributed by atoms with van der Waals surface area (Å²) in [5, 5.41) is 9.64. The van der Waals surface area contributed by atoms with E-state index in [-0.39, 0.29) is 17.3 Å². The van der Waals surface area contributed by atoms with Crippen molar-refractivity contribution in [1.29, 1.82) is 0 Å². The van der Waals surface area contributed by atoms with Gasteiger partial charge in [0.15, 0.2) is 12.3 Å². The average molecular weight is 628 g/mol. The third-order valence-corrected chi connectivity index (χ3v) is 9.56. The quantitative estimate of drug-likeness (QED) is 0.136. The Balaban J connectivity index is 1.74. The fraction of sp³-hybridized carbons (Fsp3) is 0.500. The Bertz CT molecular complexity index is 1540. The first-order chi connectivity index (χ1) is 21.4. The first kappa shape index (κ1) is 35.4. The van der Waals surface area contributed by atoms with Crippen molar-refractivity contribution in [1.82, 2.24) is 0 Å². The SMILES string of the molecule is CC1(C)C(=CC=C(C=CC2=[N+](CCC[N+](C)(C)C)c3ccccc3C2(C)C)CCC(=O)O)N(CCC[N+](C)(C)C)c2ccccc21. The van der Waals surface area contributed by atoms with Crippen LogP contribution in [0, 0.1) is 0 Å². The van der Waals surface area contributed by atoms with Gasteiger partial charge in [-0.2, -0.15) is 4.58 Å². The fourth-order valence-corrected chi connectivity index (χ4v) is 7.02. The van der Waals surface area contributed by atoms with Gasteiger partial charge in [0.25, 0.3) is 0 Å². The highest BCUT2D eigenvalue weighted by atomic mass is 16.4. The Morgan fingerprint density at radius 1 is 0.826 bits per heavy atom. The second-order valence-electron chi connectivity index (χ2n) is 16.2. The first-order valence-electron chi connectivity index (χ1n) is 17.0. The molecule has 0 saturated heterocycles. The van der Waals surface area contributed by atoms with Crippen molar-refractivity contribution in [2.24, 2.45) is 0 Å². The molecule has 0 unspecified atom stereocenters. The van der Waals surface area contributed by atoms with Crippen LogP contribution < -0.4 is 4.90 Å². The Kier molecular flexibility index (Phi) is 10.5. The number of nitrogens with zero attached hydrogens (tertiary/aromatic N) is 4. The number of carbonyl (C=O) groups is 1. The van der Waals surface area contributed by atoms with Crippen LogP contribution in [0.4, 0.5) is 11.4 Å². The molecule has 2 aliphatic heterocycles. The number of quaternary nitrogens is 2. The molecular formula is C40H59N4O2+3. The van der Waals surface area contributed by atoms with Gasteiger partial charge in [-0.3, -0.25) is 4.79 Å².